The van der Waals surface area contributed by atoms with Gasteiger partial charge in [-0.15, -0.1) is 11.8 Å². The van der Waals surface area contributed by atoms with Gasteiger partial charge in [0.25, 0.3) is 0 Å². The molecule has 1 aromatic rings. The molecule has 3 unspecified atom stereocenters. The molecule has 18 heavy (non-hydrogen) atoms. The molecule has 0 aliphatic carbocycles. The molecule has 1 saturated heterocycles. The molecule has 1 aliphatic heterocycles. The van der Waals surface area contributed by atoms with Crippen molar-refractivity contribution in [2.75, 3.05) is 5.75 Å². The molecular weight excluding hydrogens is 274 g/mol. The largest absolute Gasteiger partial charge is 0.480 e. The van der Waals surface area contributed by atoms with Gasteiger partial charge in [-0.1, -0.05) is 23.7 Å². The molecule has 0 spiro atoms. The standard InChI is InChI=1S/C12H14ClNO3S/c1-7-12(17,8-3-2-4-9(13)5-8)18-6-10(14-7)11(15)16/h2-5,7,10,14,17H,6H2,1H3,(H,15,16). The van der Waals surface area contributed by atoms with Crippen molar-refractivity contribution in [3.63, 3.8) is 0 Å². The molecule has 6 heteroatoms. The van der Waals surface area contributed by atoms with Gasteiger partial charge in [-0.2, -0.15) is 0 Å². The summed E-state index contributed by atoms with van der Waals surface area (Å²) in [5.74, 6) is -0.592. The SMILES string of the molecule is CC1NC(C(=O)O)CSC1(O)c1cccc(Cl)c1. The lowest BCUT2D eigenvalue weighted by Gasteiger charge is -2.40. The number of hydrogen-bond acceptors (Lipinski definition) is 4. The number of rotatable bonds is 2. The van der Waals surface area contributed by atoms with E-state index >= 15 is 0 Å². The maximum atomic E-state index is 10.9. The van der Waals surface area contributed by atoms with Crippen LogP contribution in [0.4, 0.5) is 0 Å². The highest BCUT2D eigenvalue weighted by atomic mass is 35.5. The van der Waals surface area contributed by atoms with E-state index in [9.17, 15) is 9.90 Å². The molecule has 0 amide bonds. The third kappa shape index (κ3) is 2.49. The van der Waals surface area contributed by atoms with Crippen molar-refractivity contribution in [1.29, 1.82) is 0 Å². The number of carbonyl (C=O) groups is 1. The molecule has 1 aliphatic rings. The molecule has 0 radical (unpaired) electrons. The lowest BCUT2D eigenvalue weighted by atomic mass is 10.0. The van der Waals surface area contributed by atoms with Gasteiger partial charge in [0.1, 0.15) is 6.04 Å². The van der Waals surface area contributed by atoms with Crippen molar-refractivity contribution in [3.05, 3.63) is 34.9 Å². The minimum absolute atomic E-state index is 0.308. The second-order valence-corrected chi connectivity index (χ2v) is 5.98. The van der Waals surface area contributed by atoms with Crippen LogP contribution in [0, 0.1) is 0 Å². The second-order valence-electron chi connectivity index (χ2n) is 4.30. The summed E-state index contributed by atoms with van der Waals surface area (Å²) in [5.41, 5.74) is 0.684. The fourth-order valence-corrected chi connectivity index (χ4v) is 3.45. The molecule has 98 valence electrons. The Balaban J connectivity index is 2.25. The first-order valence-electron chi connectivity index (χ1n) is 5.54. The Morgan fingerprint density at radius 2 is 2.33 bits per heavy atom. The lowest BCUT2D eigenvalue weighted by Crippen LogP contribution is -2.56. The van der Waals surface area contributed by atoms with Gasteiger partial charge >= 0.3 is 5.97 Å². The molecule has 3 atom stereocenters. The molecule has 2 rings (SSSR count). The number of hydrogen-bond donors (Lipinski definition) is 3. The van der Waals surface area contributed by atoms with Gasteiger partial charge in [-0.05, 0) is 24.6 Å². The van der Waals surface area contributed by atoms with E-state index < -0.39 is 16.9 Å². The third-order valence-electron chi connectivity index (χ3n) is 3.04. The summed E-state index contributed by atoms with van der Waals surface area (Å²) >= 11 is 7.14. The Morgan fingerprint density at radius 1 is 1.61 bits per heavy atom. The van der Waals surface area contributed by atoms with Crippen molar-refractivity contribution in [2.45, 2.75) is 23.9 Å². The van der Waals surface area contributed by atoms with E-state index in [0.717, 1.165) is 0 Å². The molecule has 0 bridgehead atoms. The van der Waals surface area contributed by atoms with Crippen LogP contribution in [0.1, 0.15) is 12.5 Å². The van der Waals surface area contributed by atoms with E-state index in [2.05, 4.69) is 5.32 Å². The summed E-state index contributed by atoms with van der Waals surface area (Å²) in [6, 6.07) is 5.98. The van der Waals surface area contributed by atoms with Crippen molar-refractivity contribution < 1.29 is 15.0 Å². The summed E-state index contributed by atoms with van der Waals surface area (Å²) in [7, 11) is 0. The van der Waals surface area contributed by atoms with Crippen molar-refractivity contribution in [3.8, 4) is 0 Å². The monoisotopic (exact) mass is 287 g/mol. The lowest BCUT2D eigenvalue weighted by molar-refractivity contribution is -0.139. The number of halogens is 1. The molecule has 1 aromatic carbocycles. The first kappa shape index (κ1) is 13.7. The zero-order valence-corrected chi connectivity index (χ0v) is 11.3. The molecule has 4 nitrogen and oxygen atoms in total. The zero-order valence-electron chi connectivity index (χ0n) is 9.76. The van der Waals surface area contributed by atoms with Gasteiger partial charge in [-0.25, -0.2) is 0 Å². The fraction of sp³-hybridized carbons (Fsp3) is 0.417. The Labute approximate surface area is 114 Å². The normalized spacial score (nSPS) is 32.2. The Bertz CT molecular complexity index is 470. The molecule has 1 heterocycles. The van der Waals surface area contributed by atoms with Crippen LogP contribution in [-0.2, 0) is 9.73 Å². The number of carboxylic acid groups (broad SMARTS) is 1. The topological polar surface area (TPSA) is 69.6 Å². The van der Waals surface area contributed by atoms with Crippen LogP contribution in [0.2, 0.25) is 5.02 Å². The van der Waals surface area contributed by atoms with Gasteiger partial charge in [-0.3, -0.25) is 10.1 Å². The van der Waals surface area contributed by atoms with Gasteiger partial charge in [0.15, 0.2) is 4.93 Å². The number of benzene rings is 1. The number of aliphatic carboxylic acids is 1. The Morgan fingerprint density at radius 3 is 2.89 bits per heavy atom. The van der Waals surface area contributed by atoms with E-state index in [1.54, 1.807) is 31.2 Å². The van der Waals surface area contributed by atoms with Crippen LogP contribution in [0.15, 0.2) is 24.3 Å². The molecule has 0 aromatic heterocycles. The van der Waals surface area contributed by atoms with E-state index in [1.807, 2.05) is 0 Å². The highest BCUT2D eigenvalue weighted by molar-refractivity contribution is 8.00. The Hall–Kier alpha value is -0.750. The average Bonchev–Trinajstić information content (AvgIpc) is 2.32. The number of carboxylic acids is 1. The first-order chi connectivity index (χ1) is 8.43. The predicted molar refractivity (Wildman–Crippen MR) is 71.8 cm³/mol. The minimum atomic E-state index is -1.16. The summed E-state index contributed by atoms with van der Waals surface area (Å²) in [6.07, 6.45) is 0. The summed E-state index contributed by atoms with van der Waals surface area (Å²) in [5, 5.41) is 23.1. The molecule has 0 saturated carbocycles. The van der Waals surface area contributed by atoms with Crippen molar-refractivity contribution in [2.24, 2.45) is 0 Å². The van der Waals surface area contributed by atoms with E-state index in [1.165, 1.54) is 11.8 Å². The number of thioether (sulfide) groups is 1. The van der Waals surface area contributed by atoms with E-state index in [-0.39, 0.29) is 6.04 Å². The molecule has 3 N–H and O–H groups in total. The third-order valence-corrected chi connectivity index (χ3v) is 4.81. The summed E-state index contributed by atoms with van der Waals surface area (Å²) in [4.78, 5) is 9.77. The first-order valence-corrected chi connectivity index (χ1v) is 6.91. The average molecular weight is 288 g/mol. The maximum absolute atomic E-state index is 10.9. The predicted octanol–water partition coefficient (Wildman–Crippen LogP) is 1.66. The highest BCUT2D eigenvalue weighted by Gasteiger charge is 2.43. The van der Waals surface area contributed by atoms with Gasteiger partial charge in [0.05, 0.1) is 0 Å². The van der Waals surface area contributed by atoms with E-state index in [4.69, 9.17) is 16.7 Å². The second kappa shape index (κ2) is 5.09. The molecular formula is C12H14ClNO3S. The van der Waals surface area contributed by atoms with Crippen LogP contribution in [0.5, 0.6) is 0 Å². The maximum Gasteiger partial charge on any atom is 0.321 e. The van der Waals surface area contributed by atoms with Gasteiger partial charge in [0.2, 0.25) is 0 Å². The van der Waals surface area contributed by atoms with Crippen LogP contribution >= 0.6 is 23.4 Å². The van der Waals surface area contributed by atoms with Crippen LogP contribution in [-0.4, -0.2) is 34.0 Å². The summed E-state index contributed by atoms with van der Waals surface area (Å²) in [6.45, 7) is 1.77. The minimum Gasteiger partial charge on any atom is -0.480 e. The van der Waals surface area contributed by atoms with Gasteiger partial charge < -0.3 is 10.2 Å². The smallest absolute Gasteiger partial charge is 0.321 e. The van der Waals surface area contributed by atoms with Crippen molar-refractivity contribution >= 4 is 29.3 Å². The zero-order chi connectivity index (χ0) is 13.3. The van der Waals surface area contributed by atoms with Crippen LogP contribution in [0.3, 0.4) is 0 Å². The number of aliphatic hydroxyl groups is 1. The molecule has 1 fully saturated rings. The van der Waals surface area contributed by atoms with E-state index in [0.29, 0.717) is 16.3 Å². The van der Waals surface area contributed by atoms with Crippen LogP contribution < -0.4 is 5.32 Å². The van der Waals surface area contributed by atoms with Crippen molar-refractivity contribution in [1.82, 2.24) is 5.32 Å². The Kier molecular flexibility index (Phi) is 3.87. The highest BCUT2D eigenvalue weighted by Crippen LogP contribution is 2.41. The van der Waals surface area contributed by atoms with Crippen LogP contribution in [0.25, 0.3) is 0 Å². The fourth-order valence-electron chi connectivity index (χ4n) is 1.99. The summed E-state index contributed by atoms with van der Waals surface area (Å²) < 4.78 is 0. The quantitative estimate of drug-likeness (QED) is 0.772. The van der Waals surface area contributed by atoms with Gasteiger partial charge in [0, 0.05) is 16.8 Å². The number of nitrogens with one attached hydrogen (secondary N) is 1.